The number of hydrogen-bond acceptors (Lipinski definition) is 1. The van der Waals surface area contributed by atoms with Crippen LogP contribution in [0, 0.1) is 17.8 Å². The van der Waals surface area contributed by atoms with Gasteiger partial charge in [-0.25, -0.2) is 0 Å². The van der Waals surface area contributed by atoms with Crippen LogP contribution in [0.5, 0.6) is 0 Å². The summed E-state index contributed by atoms with van der Waals surface area (Å²) in [5, 5.41) is 8.86. The van der Waals surface area contributed by atoms with Gasteiger partial charge in [0.25, 0.3) is 0 Å². The Bertz CT molecular complexity index is 140. The second kappa shape index (κ2) is 2.89. The molecule has 0 heterocycles. The quantitative estimate of drug-likeness (QED) is 0.520. The fourth-order valence-electron chi connectivity index (χ4n) is 0.779. The fraction of sp³-hybridized carbons (Fsp3) is 0.750. The van der Waals surface area contributed by atoms with E-state index in [0.29, 0.717) is 5.92 Å². The molecule has 0 radical (unpaired) electrons. The van der Waals surface area contributed by atoms with Gasteiger partial charge in [-0.15, -0.1) is 11.8 Å². The minimum atomic E-state index is -0.0313. The maximum Gasteiger partial charge on any atom is 0.0582 e. The third-order valence-corrected chi connectivity index (χ3v) is 1.55. The Morgan fingerprint density at radius 3 is 2.67 bits per heavy atom. The van der Waals surface area contributed by atoms with E-state index < -0.39 is 0 Å². The summed E-state index contributed by atoms with van der Waals surface area (Å²) in [7, 11) is 0. The Balaban J connectivity index is 2.06. The van der Waals surface area contributed by atoms with E-state index in [1.807, 2.05) is 6.92 Å². The molecule has 0 amide bonds. The fourth-order valence-corrected chi connectivity index (χ4v) is 0.779. The van der Waals surface area contributed by atoms with Gasteiger partial charge in [0.1, 0.15) is 0 Å². The summed E-state index contributed by atoms with van der Waals surface area (Å²) in [6.45, 7) is 2.04. The lowest BCUT2D eigenvalue weighted by Gasteiger charge is -1.81. The molecule has 1 saturated carbocycles. The average Bonchev–Trinajstić information content (AvgIpc) is 2.48. The minimum absolute atomic E-state index is 0.0313. The number of aliphatic hydroxyl groups excluding tert-OH is 1. The van der Waals surface area contributed by atoms with Gasteiger partial charge in [-0.3, -0.25) is 0 Å². The van der Waals surface area contributed by atoms with Crippen LogP contribution in [0.1, 0.15) is 26.2 Å². The van der Waals surface area contributed by atoms with Gasteiger partial charge in [0, 0.05) is 12.8 Å². The van der Waals surface area contributed by atoms with Crippen molar-refractivity contribution < 1.29 is 5.11 Å². The highest BCUT2D eigenvalue weighted by Crippen LogP contribution is 2.32. The van der Waals surface area contributed by atoms with Crippen molar-refractivity contribution in [2.75, 3.05) is 0 Å². The van der Waals surface area contributed by atoms with Gasteiger partial charge in [0.05, 0.1) is 6.10 Å². The van der Waals surface area contributed by atoms with Crippen LogP contribution < -0.4 is 0 Å². The molecule has 0 aromatic rings. The van der Waals surface area contributed by atoms with Crippen molar-refractivity contribution in [1.82, 2.24) is 0 Å². The van der Waals surface area contributed by atoms with Crippen LogP contribution in [-0.2, 0) is 0 Å². The van der Waals surface area contributed by atoms with Crippen LogP contribution in [-0.4, -0.2) is 11.2 Å². The molecule has 2 atom stereocenters. The molecule has 1 rings (SSSR count). The molecule has 1 heteroatoms. The maximum absolute atomic E-state index is 8.86. The first kappa shape index (κ1) is 6.64. The maximum atomic E-state index is 8.86. The average molecular weight is 124 g/mol. The van der Waals surface area contributed by atoms with Gasteiger partial charge < -0.3 is 5.11 Å². The van der Waals surface area contributed by atoms with Crippen LogP contribution in [0.25, 0.3) is 0 Å². The standard InChI is InChI=1S/C8H12O/c1-2-3-4-5-7-6-8(7)9/h7-9H,2,5-6H2,1H3. The predicted octanol–water partition coefficient (Wildman–Crippen LogP) is 1.17. The molecule has 1 aliphatic carbocycles. The largest absolute Gasteiger partial charge is 0.393 e. The molecule has 1 nitrogen and oxygen atoms in total. The highest BCUT2D eigenvalue weighted by atomic mass is 16.3. The molecule has 1 N–H and O–H groups in total. The molecule has 0 saturated heterocycles. The summed E-state index contributed by atoms with van der Waals surface area (Å²) >= 11 is 0. The van der Waals surface area contributed by atoms with Crippen LogP contribution in [0.15, 0.2) is 0 Å². The van der Waals surface area contributed by atoms with Crippen LogP contribution in [0.3, 0.4) is 0 Å². The van der Waals surface area contributed by atoms with Crippen molar-refractivity contribution in [2.24, 2.45) is 5.92 Å². The molecular weight excluding hydrogens is 112 g/mol. The summed E-state index contributed by atoms with van der Waals surface area (Å²) in [5.74, 6) is 6.50. The third kappa shape index (κ3) is 2.07. The Morgan fingerprint density at radius 2 is 2.22 bits per heavy atom. The van der Waals surface area contributed by atoms with Crippen molar-refractivity contribution in [3.8, 4) is 11.8 Å². The lowest BCUT2D eigenvalue weighted by molar-refractivity contribution is 0.260. The van der Waals surface area contributed by atoms with E-state index in [1.54, 1.807) is 0 Å². The summed E-state index contributed by atoms with van der Waals surface area (Å²) in [6, 6.07) is 0. The summed E-state index contributed by atoms with van der Waals surface area (Å²) in [4.78, 5) is 0. The molecule has 1 fully saturated rings. The predicted molar refractivity (Wildman–Crippen MR) is 36.8 cm³/mol. The van der Waals surface area contributed by atoms with Crippen molar-refractivity contribution in [1.29, 1.82) is 0 Å². The molecular formula is C8H12O. The third-order valence-electron chi connectivity index (χ3n) is 1.55. The van der Waals surface area contributed by atoms with Crippen LogP contribution >= 0.6 is 0 Å². The van der Waals surface area contributed by atoms with E-state index in [0.717, 1.165) is 19.3 Å². The summed E-state index contributed by atoms with van der Waals surface area (Å²) < 4.78 is 0. The Kier molecular flexibility index (Phi) is 2.13. The lowest BCUT2D eigenvalue weighted by atomic mass is 10.3. The smallest absolute Gasteiger partial charge is 0.0582 e. The Hall–Kier alpha value is -0.480. The van der Waals surface area contributed by atoms with Gasteiger partial charge in [0.15, 0.2) is 0 Å². The van der Waals surface area contributed by atoms with Crippen LogP contribution in [0.4, 0.5) is 0 Å². The van der Waals surface area contributed by atoms with E-state index in [2.05, 4.69) is 11.8 Å². The highest BCUT2D eigenvalue weighted by Gasteiger charge is 2.33. The topological polar surface area (TPSA) is 20.2 Å². The van der Waals surface area contributed by atoms with E-state index >= 15 is 0 Å². The van der Waals surface area contributed by atoms with Gasteiger partial charge in [-0.1, -0.05) is 6.92 Å². The summed E-state index contributed by atoms with van der Waals surface area (Å²) in [5.41, 5.74) is 0. The van der Waals surface area contributed by atoms with Crippen molar-refractivity contribution >= 4 is 0 Å². The molecule has 0 aromatic heterocycles. The molecule has 50 valence electrons. The molecule has 1 aliphatic rings. The van der Waals surface area contributed by atoms with Gasteiger partial charge in [0.2, 0.25) is 0 Å². The first-order valence-electron chi connectivity index (χ1n) is 3.48. The monoisotopic (exact) mass is 124 g/mol. The first-order valence-corrected chi connectivity index (χ1v) is 3.48. The Morgan fingerprint density at radius 1 is 1.56 bits per heavy atom. The zero-order chi connectivity index (χ0) is 6.69. The molecule has 9 heavy (non-hydrogen) atoms. The SMILES string of the molecule is CCC#CCC1CC1O. The van der Waals surface area contributed by atoms with Gasteiger partial charge in [-0.2, -0.15) is 0 Å². The second-order valence-electron chi connectivity index (χ2n) is 2.47. The lowest BCUT2D eigenvalue weighted by Crippen LogP contribution is -1.82. The second-order valence-corrected chi connectivity index (χ2v) is 2.47. The van der Waals surface area contributed by atoms with Crippen molar-refractivity contribution in [2.45, 2.75) is 32.3 Å². The normalized spacial score (nSPS) is 30.9. The van der Waals surface area contributed by atoms with E-state index in [9.17, 15) is 0 Å². The molecule has 2 unspecified atom stereocenters. The molecule has 0 aromatic carbocycles. The van der Waals surface area contributed by atoms with Crippen LogP contribution in [0.2, 0.25) is 0 Å². The van der Waals surface area contributed by atoms with Gasteiger partial charge >= 0.3 is 0 Å². The van der Waals surface area contributed by atoms with E-state index in [1.165, 1.54) is 0 Å². The zero-order valence-electron chi connectivity index (χ0n) is 5.72. The zero-order valence-corrected chi connectivity index (χ0v) is 5.72. The van der Waals surface area contributed by atoms with Crippen molar-refractivity contribution in [3.05, 3.63) is 0 Å². The molecule has 0 bridgehead atoms. The Labute approximate surface area is 56.1 Å². The van der Waals surface area contributed by atoms with E-state index in [4.69, 9.17) is 5.11 Å². The molecule has 0 aliphatic heterocycles. The number of rotatable bonds is 1. The first-order chi connectivity index (χ1) is 4.34. The number of aliphatic hydroxyl groups is 1. The summed E-state index contributed by atoms with van der Waals surface area (Å²) in [6.07, 6.45) is 2.77. The molecule has 0 spiro atoms. The minimum Gasteiger partial charge on any atom is -0.393 e. The highest BCUT2D eigenvalue weighted by molar-refractivity contribution is 5.03. The number of hydrogen-bond donors (Lipinski definition) is 1. The van der Waals surface area contributed by atoms with E-state index in [-0.39, 0.29) is 6.10 Å². The van der Waals surface area contributed by atoms with Crippen molar-refractivity contribution in [3.63, 3.8) is 0 Å². The van der Waals surface area contributed by atoms with Gasteiger partial charge in [-0.05, 0) is 12.3 Å².